The van der Waals surface area contributed by atoms with Gasteiger partial charge in [0.1, 0.15) is 0 Å². The number of thioether (sulfide) groups is 1. The second kappa shape index (κ2) is 5.92. The molecule has 1 N–H and O–H groups in total. The van der Waals surface area contributed by atoms with E-state index < -0.39 is 0 Å². The van der Waals surface area contributed by atoms with E-state index in [1.165, 1.54) is 29.2 Å². The Bertz CT molecular complexity index is 265. The molecule has 2 atom stereocenters. The van der Waals surface area contributed by atoms with Gasteiger partial charge in [-0.15, -0.1) is 11.3 Å². The van der Waals surface area contributed by atoms with Crippen molar-refractivity contribution in [3.05, 3.63) is 22.4 Å². The van der Waals surface area contributed by atoms with Crippen molar-refractivity contribution >= 4 is 23.1 Å². The standard InChI is InChI=1S/C12H19NS2/c1-2-6-13-12(10-5-8-14-9-10)11-4-3-7-15-11/h3-4,7,10,12-13H,2,5-6,8-9H2,1H3. The van der Waals surface area contributed by atoms with Crippen molar-refractivity contribution in [3.63, 3.8) is 0 Å². The molecule has 1 saturated heterocycles. The summed E-state index contributed by atoms with van der Waals surface area (Å²) in [6.45, 7) is 3.38. The van der Waals surface area contributed by atoms with E-state index >= 15 is 0 Å². The van der Waals surface area contributed by atoms with Crippen LogP contribution in [0.3, 0.4) is 0 Å². The molecule has 0 spiro atoms. The fraction of sp³-hybridized carbons (Fsp3) is 0.667. The minimum absolute atomic E-state index is 0.611. The third kappa shape index (κ3) is 2.99. The predicted molar refractivity (Wildman–Crippen MR) is 70.8 cm³/mol. The zero-order valence-corrected chi connectivity index (χ0v) is 10.9. The van der Waals surface area contributed by atoms with Crippen molar-refractivity contribution in [1.29, 1.82) is 0 Å². The first kappa shape index (κ1) is 11.5. The van der Waals surface area contributed by atoms with Crippen LogP contribution < -0.4 is 5.32 Å². The minimum atomic E-state index is 0.611. The monoisotopic (exact) mass is 241 g/mol. The number of thiophene rings is 1. The highest BCUT2D eigenvalue weighted by Crippen LogP contribution is 2.35. The zero-order chi connectivity index (χ0) is 10.5. The van der Waals surface area contributed by atoms with E-state index in [2.05, 4.69) is 41.5 Å². The summed E-state index contributed by atoms with van der Waals surface area (Å²) in [4.78, 5) is 1.52. The lowest BCUT2D eigenvalue weighted by Gasteiger charge is -2.23. The van der Waals surface area contributed by atoms with Gasteiger partial charge in [-0.1, -0.05) is 13.0 Å². The Morgan fingerprint density at radius 1 is 1.60 bits per heavy atom. The van der Waals surface area contributed by atoms with Crippen molar-refractivity contribution in [3.8, 4) is 0 Å². The van der Waals surface area contributed by atoms with Crippen molar-refractivity contribution in [2.24, 2.45) is 5.92 Å². The smallest absolute Gasteiger partial charge is 0.0451 e. The quantitative estimate of drug-likeness (QED) is 0.846. The number of hydrogen-bond donors (Lipinski definition) is 1. The molecule has 1 aromatic heterocycles. The number of hydrogen-bond acceptors (Lipinski definition) is 3. The molecular formula is C12H19NS2. The maximum Gasteiger partial charge on any atom is 0.0451 e. The fourth-order valence-electron chi connectivity index (χ4n) is 2.08. The van der Waals surface area contributed by atoms with Gasteiger partial charge in [0.25, 0.3) is 0 Å². The van der Waals surface area contributed by atoms with Gasteiger partial charge in [-0.25, -0.2) is 0 Å². The maximum atomic E-state index is 3.71. The molecule has 1 aliphatic rings. The third-order valence-electron chi connectivity index (χ3n) is 2.90. The van der Waals surface area contributed by atoms with Gasteiger partial charge in [-0.2, -0.15) is 11.8 Å². The van der Waals surface area contributed by atoms with Crippen LogP contribution in [-0.2, 0) is 0 Å². The van der Waals surface area contributed by atoms with Gasteiger partial charge in [-0.3, -0.25) is 0 Å². The molecule has 2 rings (SSSR count). The summed E-state index contributed by atoms with van der Waals surface area (Å²) in [6, 6.07) is 5.06. The molecule has 1 aromatic rings. The van der Waals surface area contributed by atoms with E-state index in [0.717, 1.165) is 12.5 Å². The van der Waals surface area contributed by atoms with Crippen molar-refractivity contribution < 1.29 is 0 Å². The van der Waals surface area contributed by atoms with E-state index in [-0.39, 0.29) is 0 Å². The zero-order valence-electron chi connectivity index (χ0n) is 9.24. The summed E-state index contributed by atoms with van der Waals surface area (Å²) in [5.74, 6) is 3.53. The van der Waals surface area contributed by atoms with E-state index in [0.29, 0.717) is 6.04 Å². The number of nitrogens with one attached hydrogen (secondary N) is 1. The summed E-state index contributed by atoms with van der Waals surface area (Å²) in [6.07, 6.45) is 2.60. The van der Waals surface area contributed by atoms with Crippen molar-refractivity contribution in [2.75, 3.05) is 18.1 Å². The maximum absolute atomic E-state index is 3.71. The molecule has 3 heteroatoms. The summed E-state index contributed by atoms with van der Waals surface area (Å²) >= 11 is 4.00. The van der Waals surface area contributed by atoms with Gasteiger partial charge in [0.2, 0.25) is 0 Å². The van der Waals surface area contributed by atoms with E-state index in [1.807, 2.05) is 11.3 Å². The molecule has 2 heterocycles. The van der Waals surface area contributed by atoms with E-state index in [1.54, 1.807) is 0 Å². The summed E-state index contributed by atoms with van der Waals surface area (Å²) < 4.78 is 0. The molecule has 1 fully saturated rings. The highest BCUT2D eigenvalue weighted by Gasteiger charge is 2.26. The lowest BCUT2D eigenvalue weighted by Crippen LogP contribution is -2.28. The van der Waals surface area contributed by atoms with Crippen LogP contribution in [0.4, 0.5) is 0 Å². The topological polar surface area (TPSA) is 12.0 Å². The van der Waals surface area contributed by atoms with E-state index in [9.17, 15) is 0 Å². The molecule has 0 radical (unpaired) electrons. The largest absolute Gasteiger partial charge is 0.309 e. The van der Waals surface area contributed by atoms with Crippen LogP contribution in [0.1, 0.15) is 30.7 Å². The summed E-state index contributed by atoms with van der Waals surface area (Å²) in [5, 5.41) is 5.90. The number of rotatable bonds is 5. The molecular weight excluding hydrogens is 222 g/mol. The molecule has 84 valence electrons. The second-order valence-electron chi connectivity index (χ2n) is 4.07. The van der Waals surface area contributed by atoms with Crippen LogP contribution in [0.5, 0.6) is 0 Å². The molecule has 0 aliphatic carbocycles. The van der Waals surface area contributed by atoms with Crippen LogP contribution in [0, 0.1) is 5.92 Å². The third-order valence-corrected chi connectivity index (χ3v) is 5.04. The average molecular weight is 241 g/mol. The Hall–Kier alpha value is 0.01000. The Morgan fingerprint density at radius 2 is 2.53 bits per heavy atom. The van der Waals surface area contributed by atoms with Crippen molar-refractivity contribution in [2.45, 2.75) is 25.8 Å². The Kier molecular flexibility index (Phi) is 4.54. The van der Waals surface area contributed by atoms with Crippen molar-refractivity contribution in [1.82, 2.24) is 5.32 Å². The van der Waals surface area contributed by atoms with Gasteiger partial charge in [0.15, 0.2) is 0 Å². The van der Waals surface area contributed by atoms with Gasteiger partial charge in [-0.05, 0) is 48.3 Å². The first-order chi connectivity index (χ1) is 7.42. The minimum Gasteiger partial charge on any atom is -0.309 e. The van der Waals surface area contributed by atoms with Crippen LogP contribution in [0.2, 0.25) is 0 Å². The molecule has 2 unspecified atom stereocenters. The molecule has 0 aromatic carbocycles. The predicted octanol–water partition coefficient (Wildman–Crippen LogP) is 3.54. The van der Waals surface area contributed by atoms with Crippen LogP contribution >= 0.6 is 23.1 Å². The molecule has 0 amide bonds. The Balaban J connectivity index is 2.01. The molecule has 15 heavy (non-hydrogen) atoms. The Morgan fingerprint density at radius 3 is 3.13 bits per heavy atom. The molecule has 0 bridgehead atoms. The normalized spacial score (nSPS) is 23.1. The molecule has 1 aliphatic heterocycles. The molecule has 0 saturated carbocycles. The fourth-order valence-corrected chi connectivity index (χ4v) is 4.28. The van der Waals surface area contributed by atoms with Gasteiger partial charge >= 0.3 is 0 Å². The first-order valence-electron chi connectivity index (χ1n) is 5.76. The van der Waals surface area contributed by atoms with Gasteiger partial charge in [0, 0.05) is 10.9 Å². The van der Waals surface area contributed by atoms with Crippen LogP contribution in [0.25, 0.3) is 0 Å². The molecule has 1 nitrogen and oxygen atoms in total. The summed E-state index contributed by atoms with van der Waals surface area (Å²) in [5.41, 5.74) is 0. The van der Waals surface area contributed by atoms with E-state index in [4.69, 9.17) is 0 Å². The lowest BCUT2D eigenvalue weighted by atomic mass is 9.97. The first-order valence-corrected chi connectivity index (χ1v) is 7.79. The average Bonchev–Trinajstić information content (AvgIpc) is 2.90. The Labute approximate surface area is 101 Å². The second-order valence-corrected chi connectivity index (χ2v) is 6.20. The van der Waals surface area contributed by atoms with Crippen LogP contribution in [0.15, 0.2) is 17.5 Å². The van der Waals surface area contributed by atoms with Gasteiger partial charge < -0.3 is 5.32 Å². The SMILES string of the molecule is CCCNC(c1cccs1)C1CCSC1. The van der Waals surface area contributed by atoms with Crippen LogP contribution in [-0.4, -0.2) is 18.1 Å². The highest BCUT2D eigenvalue weighted by molar-refractivity contribution is 7.99. The highest BCUT2D eigenvalue weighted by atomic mass is 32.2. The summed E-state index contributed by atoms with van der Waals surface area (Å²) in [7, 11) is 0. The van der Waals surface area contributed by atoms with Gasteiger partial charge in [0.05, 0.1) is 0 Å². The lowest BCUT2D eigenvalue weighted by molar-refractivity contribution is 0.399.